The van der Waals surface area contributed by atoms with Crippen molar-refractivity contribution in [3.05, 3.63) is 0 Å². The third-order valence-corrected chi connectivity index (χ3v) is 7.04. The van der Waals surface area contributed by atoms with Crippen LogP contribution in [-0.2, 0) is 10.2 Å². The summed E-state index contributed by atoms with van der Waals surface area (Å²) in [7, 11) is -3.26. The molecule has 2 saturated heterocycles. The minimum absolute atomic E-state index is 0.137. The first-order chi connectivity index (χ1) is 8.57. The summed E-state index contributed by atoms with van der Waals surface area (Å²) in [5, 5.41) is 0.744. The molecule has 0 aromatic carbocycles. The molecule has 2 aliphatic heterocycles. The van der Waals surface area contributed by atoms with E-state index in [2.05, 4.69) is 15.9 Å². The van der Waals surface area contributed by atoms with Crippen LogP contribution in [0.15, 0.2) is 0 Å². The van der Waals surface area contributed by atoms with Crippen molar-refractivity contribution in [3.8, 4) is 0 Å². The minimum Gasteiger partial charge on any atom is -0.195 e. The van der Waals surface area contributed by atoms with Gasteiger partial charge in [0, 0.05) is 30.5 Å². The predicted molar refractivity (Wildman–Crippen MR) is 77.1 cm³/mol. The third kappa shape index (κ3) is 2.92. The standard InChI is InChI=1S/C12H23BrN2O2S/c1-11-6-2-4-8-14(11)18(16,17)15-9-5-3-7-12(15)10-13/h11-12H,2-10H2,1H3. The lowest BCUT2D eigenvalue weighted by atomic mass is 10.1. The lowest BCUT2D eigenvalue weighted by molar-refractivity contribution is 0.212. The second-order valence-electron chi connectivity index (χ2n) is 5.38. The molecule has 0 aromatic rings. The van der Waals surface area contributed by atoms with Crippen molar-refractivity contribution >= 4 is 26.1 Å². The van der Waals surface area contributed by atoms with Gasteiger partial charge in [0.2, 0.25) is 0 Å². The molecule has 4 nitrogen and oxygen atoms in total. The summed E-state index contributed by atoms with van der Waals surface area (Å²) in [6.45, 7) is 3.40. The molecule has 6 heteroatoms. The van der Waals surface area contributed by atoms with Gasteiger partial charge in [-0.2, -0.15) is 17.0 Å². The van der Waals surface area contributed by atoms with Gasteiger partial charge in [-0.05, 0) is 32.6 Å². The highest BCUT2D eigenvalue weighted by Gasteiger charge is 2.38. The number of hydrogen-bond donors (Lipinski definition) is 0. The molecule has 2 fully saturated rings. The third-order valence-electron chi connectivity index (χ3n) is 4.09. The van der Waals surface area contributed by atoms with Crippen LogP contribution in [0.3, 0.4) is 0 Å². The van der Waals surface area contributed by atoms with E-state index in [-0.39, 0.29) is 12.1 Å². The van der Waals surface area contributed by atoms with Gasteiger partial charge in [-0.1, -0.05) is 28.8 Å². The summed E-state index contributed by atoms with van der Waals surface area (Å²) in [6.07, 6.45) is 6.24. The average Bonchev–Trinajstić information content (AvgIpc) is 2.39. The van der Waals surface area contributed by atoms with Crippen LogP contribution in [0.1, 0.15) is 45.4 Å². The summed E-state index contributed by atoms with van der Waals surface area (Å²) in [6, 6.07) is 0.291. The number of piperidine rings is 2. The van der Waals surface area contributed by atoms with E-state index in [0.717, 1.165) is 43.9 Å². The zero-order valence-electron chi connectivity index (χ0n) is 11.0. The van der Waals surface area contributed by atoms with Crippen LogP contribution in [-0.4, -0.2) is 47.5 Å². The molecule has 2 aliphatic rings. The molecule has 18 heavy (non-hydrogen) atoms. The Bertz CT molecular complexity index is 374. The van der Waals surface area contributed by atoms with Crippen molar-refractivity contribution in [1.82, 2.24) is 8.61 Å². The molecular formula is C12H23BrN2O2S. The van der Waals surface area contributed by atoms with Crippen molar-refractivity contribution in [3.63, 3.8) is 0 Å². The lowest BCUT2D eigenvalue weighted by Gasteiger charge is -2.40. The van der Waals surface area contributed by atoms with E-state index < -0.39 is 10.2 Å². The van der Waals surface area contributed by atoms with Gasteiger partial charge in [-0.25, -0.2) is 0 Å². The second kappa shape index (κ2) is 6.20. The first kappa shape index (κ1) is 14.8. The summed E-state index contributed by atoms with van der Waals surface area (Å²) in [5.74, 6) is 0. The molecule has 0 bridgehead atoms. The fraction of sp³-hybridized carbons (Fsp3) is 1.00. The molecule has 2 atom stereocenters. The molecule has 2 rings (SSSR count). The average molecular weight is 339 g/mol. The Hall–Kier alpha value is 0.350. The van der Waals surface area contributed by atoms with Crippen LogP contribution in [0.4, 0.5) is 0 Å². The fourth-order valence-electron chi connectivity index (χ4n) is 2.98. The van der Waals surface area contributed by atoms with Crippen molar-refractivity contribution in [1.29, 1.82) is 0 Å². The van der Waals surface area contributed by atoms with E-state index in [0.29, 0.717) is 13.1 Å². The van der Waals surface area contributed by atoms with E-state index in [1.54, 1.807) is 8.61 Å². The smallest absolute Gasteiger partial charge is 0.195 e. The van der Waals surface area contributed by atoms with E-state index in [1.165, 1.54) is 0 Å². The monoisotopic (exact) mass is 338 g/mol. The Kier molecular flexibility index (Phi) is 5.08. The molecule has 0 aliphatic carbocycles. The normalized spacial score (nSPS) is 32.6. The van der Waals surface area contributed by atoms with Gasteiger partial charge in [0.25, 0.3) is 10.2 Å². The van der Waals surface area contributed by atoms with Gasteiger partial charge in [0.1, 0.15) is 0 Å². The summed E-state index contributed by atoms with van der Waals surface area (Å²) < 4.78 is 29.0. The molecule has 0 N–H and O–H groups in total. The second-order valence-corrected chi connectivity index (χ2v) is 7.86. The van der Waals surface area contributed by atoms with Gasteiger partial charge in [0.05, 0.1) is 0 Å². The van der Waals surface area contributed by atoms with Crippen LogP contribution in [0, 0.1) is 0 Å². The van der Waals surface area contributed by atoms with Gasteiger partial charge in [-0.15, -0.1) is 0 Å². The van der Waals surface area contributed by atoms with Crippen molar-refractivity contribution in [2.75, 3.05) is 18.4 Å². The molecule has 0 spiro atoms. The zero-order chi connectivity index (χ0) is 13.2. The molecular weight excluding hydrogens is 316 g/mol. The van der Waals surface area contributed by atoms with Crippen LogP contribution in [0.5, 0.6) is 0 Å². The van der Waals surface area contributed by atoms with Crippen molar-refractivity contribution < 1.29 is 8.42 Å². The Morgan fingerprint density at radius 2 is 1.67 bits per heavy atom. The molecule has 0 aromatic heterocycles. The van der Waals surface area contributed by atoms with E-state index in [4.69, 9.17) is 0 Å². The largest absolute Gasteiger partial charge is 0.282 e. The topological polar surface area (TPSA) is 40.6 Å². The predicted octanol–water partition coefficient (Wildman–Crippen LogP) is 2.36. The van der Waals surface area contributed by atoms with Crippen LogP contribution in [0.2, 0.25) is 0 Å². The lowest BCUT2D eigenvalue weighted by Crippen LogP contribution is -2.54. The first-order valence-electron chi connectivity index (χ1n) is 6.92. The Labute approximate surface area is 119 Å². The number of hydrogen-bond acceptors (Lipinski definition) is 2. The molecule has 2 unspecified atom stereocenters. The number of alkyl halides is 1. The molecule has 0 radical (unpaired) electrons. The van der Waals surface area contributed by atoms with Crippen LogP contribution < -0.4 is 0 Å². The number of nitrogens with zero attached hydrogens (tertiary/aromatic N) is 2. The van der Waals surface area contributed by atoms with Crippen molar-refractivity contribution in [2.24, 2.45) is 0 Å². The van der Waals surface area contributed by atoms with Crippen LogP contribution in [0.25, 0.3) is 0 Å². The van der Waals surface area contributed by atoms with E-state index >= 15 is 0 Å². The quantitative estimate of drug-likeness (QED) is 0.741. The minimum atomic E-state index is -3.26. The highest BCUT2D eigenvalue weighted by atomic mass is 79.9. The maximum Gasteiger partial charge on any atom is 0.282 e. The number of rotatable bonds is 3. The van der Waals surface area contributed by atoms with Gasteiger partial charge in [0.15, 0.2) is 0 Å². The Morgan fingerprint density at radius 3 is 2.28 bits per heavy atom. The van der Waals surface area contributed by atoms with Crippen LogP contribution >= 0.6 is 15.9 Å². The highest BCUT2D eigenvalue weighted by Crippen LogP contribution is 2.28. The van der Waals surface area contributed by atoms with Gasteiger partial charge < -0.3 is 0 Å². The summed E-state index contributed by atoms with van der Waals surface area (Å²) in [5.41, 5.74) is 0. The molecule has 106 valence electrons. The van der Waals surface area contributed by atoms with E-state index in [1.807, 2.05) is 6.92 Å². The molecule has 0 saturated carbocycles. The summed E-state index contributed by atoms with van der Waals surface area (Å²) in [4.78, 5) is 0. The SMILES string of the molecule is CC1CCCCN1S(=O)(=O)N1CCCCC1CBr. The van der Waals surface area contributed by atoms with Gasteiger partial charge >= 0.3 is 0 Å². The fourth-order valence-corrected chi connectivity index (χ4v) is 5.95. The maximum absolute atomic E-state index is 12.8. The molecule has 2 heterocycles. The van der Waals surface area contributed by atoms with Gasteiger partial charge in [-0.3, -0.25) is 0 Å². The maximum atomic E-state index is 12.8. The molecule has 0 amide bonds. The van der Waals surface area contributed by atoms with Crippen molar-refractivity contribution in [2.45, 2.75) is 57.5 Å². The zero-order valence-corrected chi connectivity index (χ0v) is 13.4. The Morgan fingerprint density at radius 1 is 1.06 bits per heavy atom. The highest BCUT2D eigenvalue weighted by molar-refractivity contribution is 9.09. The first-order valence-corrected chi connectivity index (χ1v) is 9.44. The summed E-state index contributed by atoms with van der Waals surface area (Å²) >= 11 is 3.46. The number of halogens is 1. The van der Waals surface area contributed by atoms with E-state index in [9.17, 15) is 8.42 Å². The Balaban J connectivity index is 2.17.